The van der Waals surface area contributed by atoms with E-state index in [1.165, 1.54) is 50.9 Å². The van der Waals surface area contributed by atoms with Crippen LogP contribution in [-0.2, 0) is 6.42 Å². The van der Waals surface area contributed by atoms with E-state index in [1.54, 1.807) is 6.08 Å². The molecule has 0 saturated heterocycles. The predicted octanol–water partition coefficient (Wildman–Crippen LogP) is 10.3. The highest BCUT2D eigenvalue weighted by Gasteiger charge is 2.16. The van der Waals surface area contributed by atoms with Gasteiger partial charge in [0.15, 0.2) is 0 Å². The summed E-state index contributed by atoms with van der Waals surface area (Å²) in [5.41, 5.74) is 12.6. The lowest BCUT2D eigenvalue weighted by Crippen LogP contribution is -1.90. The summed E-state index contributed by atoms with van der Waals surface area (Å²) in [6.07, 6.45) is 8.66. The Hall–Kier alpha value is -4.66. The van der Waals surface area contributed by atoms with E-state index < -0.39 is 0 Å². The molecule has 2 nitrogen and oxygen atoms in total. The van der Waals surface area contributed by atoms with E-state index in [2.05, 4.69) is 128 Å². The zero-order chi connectivity index (χ0) is 28.3. The summed E-state index contributed by atoms with van der Waals surface area (Å²) in [6.45, 7) is 7.63. The largest absolute Gasteiger partial charge is 0.455 e. The van der Waals surface area contributed by atoms with Gasteiger partial charge in [0.05, 0.1) is 0 Å². The number of rotatable bonds is 5. The molecule has 0 spiro atoms. The highest BCUT2D eigenvalue weighted by atomic mass is 16.3. The van der Waals surface area contributed by atoms with E-state index in [1.807, 2.05) is 25.1 Å². The van der Waals surface area contributed by atoms with Crippen molar-refractivity contribution < 1.29 is 4.42 Å². The molecule has 6 aromatic rings. The fourth-order valence-corrected chi connectivity index (χ4v) is 4.76. The first-order valence-electron chi connectivity index (χ1n) is 13.6. The van der Waals surface area contributed by atoms with Gasteiger partial charge in [-0.2, -0.15) is 0 Å². The fraction of sp³-hybridized carbons (Fsp3) is 0.105. The normalized spacial score (nSPS) is 11.2. The van der Waals surface area contributed by atoms with Crippen LogP contribution in [0.4, 0.5) is 0 Å². The van der Waals surface area contributed by atoms with Crippen molar-refractivity contribution in [3.63, 3.8) is 0 Å². The summed E-state index contributed by atoms with van der Waals surface area (Å²) in [7, 11) is 1.50. The summed E-state index contributed by atoms with van der Waals surface area (Å²) in [5.74, 6) is 0. The third kappa shape index (κ3) is 6.48. The number of hydrogen-bond acceptors (Lipinski definition) is 2. The minimum atomic E-state index is 0.888. The zero-order valence-corrected chi connectivity index (χ0v) is 23.6. The average molecular weight is 524 g/mol. The zero-order valence-electron chi connectivity index (χ0n) is 23.6. The van der Waals surface area contributed by atoms with E-state index in [0.717, 1.165) is 23.2 Å². The lowest BCUT2D eigenvalue weighted by molar-refractivity contribution is 0.670. The van der Waals surface area contributed by atoms with Gasteiger partial charge in [-0.05, 0) is 66.9 Å². The van der Waals surface area contributed by atoms with Crippen LogP contribution < -0.4 is 5.73 Å². The van der Waals surface area contributed by atoms with Crippen LogP contribution in [0.15, 0.2) is 150 Å². The van der Waals surface area contributed by atoms with Crippen molar-refractivity contribution in [1.29, 1.82) is 0 Å². The van der Waals surface area contributed by atoms with Crippen LogP contribution in [-0.4, -0.2) is 7.05 Å². The molecule has 0 unspecified atom stereocenters. The van der Waals surface area contributed by atoms with E-state index in [4.69, 9.17) is 4.42 Å². The number of hydrogen-bond donors (Lipinski definition) is 1. The maximum absolute atomic E-state index is 6.43. The Kier molecular flexibility index (Phi) is 9.88. The van der Waals surface area contributed by atoms with Gasteiger partial charge in [-0.25, -0.2) is 0 Å². The molecule has 6 rings (SSSR count). The van der Waals surface area contributed by atoms with Crippen LogP contribution in [0.1, 0.15) is 25.0 Å². The summed E-state index contributed by atoms with van der Waals surface area (Å²) in [6, 6.07) is 38.6. The fourth-order valence-electron chi connectivity index (χ4n) is 4.76. The number of benzene rings is 5. The molecule has 0 amide bonds. The Morgan fingerprint density at radius 2 is 1.50 bits per heavy atom. The van der Waals surface area contributed by atoms with E-state index >= 15 is 0 Å². The first-order valence-corrected chi connectivity index (χ1v) is 13.6. The number of nitrogens with two attached hydrogens (primary N) is 1. The molecule has 200 valence electrons. The third-order valence-corrected chi connectivity index (χ3v) is 6.86. The molecule has 1 aromatic heterocycles. The monoisotopic (exact) mass is 523 g/mol. The van der Waals surface area contributed by atoms with Crippen molar-refractivity contribution in [1.82, 2.24) is 0 Å². The summed E-state index contributed by atoms with van der Waals surface area (Å²) in [5, 5.41) is 4.90. The van der Waals surface area contributed by atoms with Crippen molar-refractivity contribution in [2.45, 2.75) is 20.3 Å². The van der Waals surface area contributed by atoms with Gasteiger partial charge in [0.1, 0.15) is 11.2 Å². The smallest absolute Gasteiger partial charge is 0.143 e. The van der Waals surface area contributed by atoms with Crippen LogP contribution >= 0.6 is 0 Å². The second-order valence-electron chi connectivity index (χ2n) is 9.43. The van der Waals surface area contributed by atoms with Gasteiger partial charge in [-0.15, -0.1) is 0 Å². The van der Waals surface area contributed by atoms with Crippen molar-refractivity contribution in [3.8, 4) is 11.1 Å². The number of allylic oxidation sites excluding steroid dienone is 5. The molecule has 40 heavy (non-hydrogen) atoms. The molecule has 0 saturated carbocycles. The number of fused-ring (bicyclic) bond motifs is 4. The summed E-state index contributed by atoms with van der Waals surface area (Å²) in [4.78, 5) is 0. The number of furan rings is 1. The van der Waals surface area contributed by atoms with Gasteiger partial charge in [0.2, 0.25) is 0 Å². The van der Waals surface area contributed by atoms with Gasteiger partial charge in [0.25, 0.3) is 0 Å². The first kappa shape index (κ1) is 28.4. The molecule has 0 atom stereocenters. The Morgan fingerprint density at radius 1 is 0.800 bits per heavy atom. The molecule has 5 aromatic carbocycles. The highest BCUT2D eigenvalue weighted by Crippen LogP contribution is 2.39. The Morgan fingerprint density at radius 3 is 2.25 bits per heavy atom. The summed E-state index contributed by atoms with van der Waals surface area (Å²) < 4.78 is 6.43. The van der Waals surface area contributed by atoms with Gasteiger partial charge in [0, 0.05) is 16.3 Å². The molecule has 0 aliphatic carbocycles. The van der Waals surface area contributed by atoms with E-state index in [-0.39, 0.29) is 0 Å². The molecule has 0 aliphatic rings. The number of para-hydroxylation sites is 1. The second-order valence-corrected chi connectivity index (χ2v) is 9.43. The molecular weight excluding hydrogens is 486 g/mol. The molecule has 1 heterocycles. The lowest BCUT2D eigenvalue weighted by atomic mass is 9.94. The van der Waals surface area contributed by atoms with Crippen molar-refractivity contribution in [2.75, 3.05) is 7.05 Å². The van der Waals surface area contributed by atoms with Crippen molar-refractivity contribution >= 4 is 32.7 Å². The van der Waals surface area contributed by atoms with Crippen LogP contribution in [0, 0.1) is 0 Å². The molecule has 0 fully saturated rings. The van der Waals surface area contributed by atoms with Gasteiger partial charge < -0.3 is 10.2 Å². The van der Waals surface area contributed by atoms with Gasteiger partial charge in [-0.3, -0.25) is 0 Å². The van der Waals surface area contributed by atoms with Crippen LogP contribution in [0.3, 0.4) is 0 Å². The maximum atomic E-state index is 6.43. The summed E-state index contributed by atoms with van der Waals surface area (Å²) >= 11 is 0. The quantitative estimate of drug-likeness (QED) is 0.228. The topological polar surface area (TPSA) is 39.2 Å². The average Bonchev–Trinajstić information content (AvgIpc) is 3.42. The second kappa shape index (κ2) is 13.9. The minimum Gasteiger partial charge on any atom is -0.455 e. The molecule has 0 aliphatic heterocycles. The van der Waals surface area contributed by atoms with Crippen LogP contribution in [0.25, 0.3) is 43.8 Å². The molecular formula is C38H37NO. The minimum absolute atomic E-state index is 0.888. The van der Waals surface area contributed by atoms with Crippen LogP contribution in [0.2, 0.25) is 0 Å². The molecule has 2 N–H and O–H groups in total. The third-order valence-electron chi connectivity index (χ3n) is 6.86. The Labute approximate surface area is 237 Å². The van der Waals surface area contributed by atoms with E-state index in [9.17, 15) is 0 Å². The highest BCUT2D eigenvalue weighted by molar-refractivity contribution is 6.11. The van der Waals surface area contributed by atoms with Gasteiger partial charge in [-0.1, -0.05) is 134 Å². The predicted molar refractivity (Wildman–Crippen MR) is 175 cm³/mol. The van der Waals surface area contributed by atoms with Crippen molar-refractivity contribution in [3.05, 3.63) is 157 Å². The lowest BCUT2D eigenvalue weighted by Gasteiger charge is -2.09. The Balaban J connectivity index is 0.000000322. The maximum Gasteiger partial charge on any atom is 0.143 e. The Bertz CT molecular complexity index is 1770. The van der Waals surface area contributed by atoms with E-state index in [0.29, 0.717) is 0 Å². The standard InChI is InChI=1S/C29H20O.C8H12.CH5N/c1-2-8-20(9-3-1)18-24-16-17-25(23-15-14-21-10-4-5-11-22(21)19-23)29-28(24)26-12-6-7-13-27(26)30-29;1-4-6-7-8(3)5-2;1-2/h1-17,19H,18H2;4-7H,1H2,2-3H3;2H2,1H3/b;7-6-,8-5-;. The van der Waals surface area contributed by atoms with Gasteiger partial charge >= 0.3 is 0 Å². The van der Waals surface area contributed by atoms with Crippen LogP contribution in [0.5, 0.6) is 0 Å². The molecule has 0 radical (unpaired) electrons. The molecule has 0 bridgehead atoms. The SMILES string of the molecule is C=C/C=C\C(C)=C/C.CN.c1ccc(Cc2ccc(-c3ccc4ccccc4c3)c3oc4ccccc4c23)cc1. The molecule has 2 heteroatoms. The van der Waals surface area contributed by atoms with Crippen molar-refractivity contribution in [2.24, 2.45) is 5.73 Å². The first-order chi connectivity index (χ1) is 19.7.